The van der Waals surface area contributed by atoms with E-state index in [1.54, 1.807) is 0 Å². The standard InChI is InChI=1S/C10H19F3N2/c1-15(7-10(11,12)13)9-6-4-2-3-5-8(9)14/h8-9H,2-7,14H2,1H3. The molecule has 1 fully saturated rings. The van der Waals surface area contributed by atoms with E-state index in [0.717, 1.165) is 32.1 Å². The Morgan fingerprint density at radius 2 is 1.80 bits per heavy atom. The van der Waals surface area contributed by atoms with Gasteiger partial charge in [-0.15, -0.1) is 0 Å². The number of hydrogen-bond donors (Lipinski definition) is 1. The molecule has 1 saturated carbocycles. The lowest BCUT2D eigenvalue weighted by Gasteiger charge is -2.31. The summed E-state index contributed by atoms with van der Waals surface area (Å²) in [6.45, 7) is -0.856. The summed E-state index contributed by atoms with van der Waals surface area (Å²) in [5, 5.41) is 0. The number of nitrogens with two attached hydrogens (primary N) is 1. The molecule has 2 unspecified atom stereocenters. The summed E-state index contributed by atoms with van der Waals surface area (Å²) in [6, 6.07) is -0.228. The molecule has 0 aromatic carbocycles. The number of likely N-dealkylation sites (N-methyl/N-ethyl adjacent to an activating group) is 1. The van der Waals surface area contributed by atoms with Gasteiger partial charge in [0.2, 0.25) is 0 Å². The molecule has 0 amide bonds. The fourth-order valence-corrected chi connectivity index (χ4v) is 2.26. The summed E-state index contributed by atoms with van der Waals surface area (Å²) in [5.74, 6) is 0. The van der Waals surface area contributed by atoms with E-state index in [1.807, 2.05) is 0 Å². The first kappa shape index (κ1) is 12.8. The first-order valence-electron chi connectivity index (χ1n) is 5.43. The first-order valence-corrected chi connectivity index (χ1v) is 5.43. The number of alkyl halides is 3. The van der Waals surface area contributed by atoms with Crippen LogP contribution in [-0.4, -0.2) is 36.8 Å². The predicted octanol–water partition coefficient (Wildman–Crippen LogP) is 2.14. The molecular weight excluding hydrogens is 205 g/mol. The van der Waals surface area contributed by atoms with Gasteiger partial charge < -0.3 is 5.73 Å². The van der Waals surface area contributed by atoms with Crippen molar-refractivity contribution in [2.24, 2.45) is 5.73 Å². The maximum Gasteiger partial charge on any atom is 0.401 e. The Morgan fingerprint density at radius 1 is 1.20 bits per heavy atom. The molecular formula is C10H19F3N2. The van der Waals surface area contributed by atoms with Crippen LogP contribution >= 0.6 is 0 Å². The largest absolute Gasteiger partial charge is 0.401 e. The molecule has 1 aliphatic carbocycles. The third kappa shape index (κ3) is 4.38. The Hall–Kier alpha value is -0.290. The van der Waals surface area contributed by atoms with Gasteiger partial charge in [-0.2, -0.15) is 13.2 Å². The monoisotopic (exact) mass is 224 g/mol. The highest BCUT2D eigenvalue weighted by Gasteiger charge is 2.34. The lowest BCUT2D eigenvalue weighted by molar-refractivity contribution is -0.148. The highest BCUT2D eigenvalue weighted by Crippen LogP contribution is 2.23. The SMILES string of the molecule is CN(CC(F)(F)F)C1CCCCCC1N. The van der Waals surface area contributed by atoms with Gasteiger partial charge in [-0.25, -0.2) is 0 Å². The fourth-order valence-electron chi connectivity index (χ4n) is 2.26. The van der Waals surface area contributed by atoms with Crippen LogP contribution in [0.2, 0.25) is 0 Å². The predicted molar refractivity (Wildman–Crippen MR) is 53.5 cm³/mol. The van der Waals surface area contributed by atoms with Crippen LogP contribution in [0.4, 0.5) is 13.2 Å². The first-order chi connectivity index (χ1) is 6.90. The molecule has 0 radical (unpaired) electrons. The molecule has 0 spiro atoms. The number of halogens is 3. The summed E-state index contributed by atoms with van der Waals surface area (Å²) in [5.41, 5.74) is 5.89. The maximum absolute atomic E-state index is 12.2. The van der Waals surface area contributed by atoms with Crippen LogP contribution in [0.3, 0.4) is 0 Å². The van der Waals surface area contributed by atoms with Crippen LogP contribution < -0.4 is 5.73 Å². The van der Waals surface area contributed by atoms with Crippen molar-refractivity contribution in [1.29, 1.82) is 0 Å². The fraction of sp³-hybridized carbons (Fsp3) is 1.00. The molecule has 0 aromatic rings. The average Bonchev–Trinajstić information content (AvgIpc) is 2.26. The van der Waals surface area contributed by atoms with Gasteiger partial charge in [-0.05, 0) is 19.9 Å². The van der Waals surface area contributed by atoms with Crippen molar-refractivity contribution in [3.05, 3.63) is 0 Å². The molecule has 0 aromatic heterocycles. The van der Waals surface area contributed by atoms with Crippen LogP contribution in [0.25, 0.3) is 0 Å². The normalized spacial score (nSPS) is 29.2. The van der Waals surface area contributed by atoms with Crippen molar-refractivity contribution in [3.63, 3.8) is 0 Å². The molecule has 1 rings (SSSR count). The van der Waals surface area contributed by atoms with Gasteiger partial charge in [-0.3, -0.25) is 4.90 Å². The minimum atomic E-state index is -4.12. The summed E-state index contributed by atoms with van der Waals surface area (Å²) in [4.78, 5) is 1.36. The van der Waals surface area contributed by atoms with E-state index in [0.29, 0.717) is 0 Å². The highest BCUT2D eigenvalue weighted by atomic mass is 19.4. The van der Waals surface area contributed by atoms with Crippen molar-refractivity contribution in [2.75, 3.05) is 13.6 Å². The van der Waals surface area contributed by atoms with E-state index >= 15 is 0 Å². The van der Waals surface area contributed by atoms with Crippen LogP contribution in [0, 0.1) is 0 Å². The van der Waals surface area contributed by atoms with Crippen LogP contribution in [0.15, 0.2) is 0 Å². The zero-order valence-corrected chi connectivity index (χ0v) is 9.06. The van der Waals surface area contributed by atoms with Crippen molar-refractivity contribution >= 4 is 0 Å². The Labute approximate surface area is 88.6 Å². The quantitative estimate of drug-likeness (QED) is 0.728. The number of rotatable bonds is 2. The van der Waals surface area contributed by atoms with Crippen LogP contribution in [-0.2, 0) is 0 Å². The molecule has 0 bridgehead atoms. The zero-order valence-electron chi connectivity index (χ0n) is 9.06. The van der Waals surface area contributed by atoms with Gasteiger partial charge in [0, 0.05) is 12.1 Å². The van der Waals surface area contributed by atoms with Gasteiger partial charge in [0.25, 0.3) is 0 Å². The maximum atomic E-state index is 12.2. The second-order valence-corrected chi connectivity index (χ2v) is 4.40. The van der Waals surface area contributed by atoms with E-state index in [9.17, 15) is 13.2 Å². The van der Waals surface area contributed by atoms with E-state index in [-0.39, 0.29) is 12.1 Å². The lowest BCUT2D eigenvalue weighted by atomic mass is 10.0. The van der Waals surface area contributed by atoms with Crippen LogP contribution in [0.1, 0.15) is 32.1 Å². The van der Waals surface area contributed by atoms with E-state index in [1.165, 1.54) is 11.9 Å². The van der Waals surface area contributed by atoms with Gasteiger partial charge >= 0.3 is 6.18 Å². The molecule has 0 heterocycles. The Balaban J connectivity index is 2.51. The van der Waals surface area contributed by atoms with Crippen LogP contribution in [0.5, 0.6) is 0 Å². The highest BCUT2D eigenvalue weighted by molar-refractivity contribution is 4.84. The molecule has 0 aliphatic heterocycles. The third-order valence-electron chi connectivity index (χ3n) is 3.03. The molecule has 0 saturated heterocycles. The van der Waals surface area contributed by atoms with Gasteiger partial charge in [0.1, 0.15) is 0 Å². The van der Waals surface area contributed by atoms with Crippen molar-refractivity contribution in [3.8, 4) is 0 Å². The summed E-state index contributed by atoms with van der Waals surface area (Å²) in [7, 11) is 1.52. The van der Waals surface area contributed by atoms with Crippen molar-refractivity contribution in [1.82, 2.24) is 4.90 Å². The molecule has 15 heavy (non-hydrogen) atoms. The third-order valence-corrected chi connectivity index (χ3v) is 3.03. The summed E-state index contributed by atoms with van der Waals surface area (Å²) in [6.07, 6.45) is 0.615. The Morgan fingerprint density at radius 3 is 2.40 bits per heavy atom. The van der Waals surface area contributed by atoms with Gasteiger partial charge in [-0.1, -0.05) is 19.3 Å². The molecule has 90 valence electrons. The van der Waals surface area contributed by atoms with E-state index in [4.69, 9.17) is 5.73 Å². The lowest BCUT2D eigenvalue weighted by Crippen LogP contribution is -2.48. The molecule has 2 atom stereocenters. The minimum absolute atomic E-state index is 0.111. The molecule has 2 N–H and O–H groups in total. The molecule has 1 aliphatic rings. The number of nitrogens with zero attached hydrogens (tertiary/aromatic N) is 1. The second-order valence-electron chi connectivity index (χ2n) is 4.40. The Kier molecular flexibility index (Phi) is 4.40. The molecule has 5 heteroatoms. The Bertz CT molecular complexity index is 194. The summed E-state index contributed by atoms with van der Waals surface area (Å²) < 4.78 is 36.6. The average molecular weight is 224 g/mol. The van der Waals surface area contributed by atoms with Crippen molar-refractivity contribution < 1.29 is 13.2 Å². The van der Waals surface area contributed by atoms with Gasteiger partial charge in [0.15, 0.2) is 0 Å². The van der Waals surface area contributed by atoms with E-state index in [2.05, 4.69) is 0 Å². The van der Waals surface area contributed by atoms with Crippen molar-refractivity contribution in [2.45, 2.75) is 50.4 Å². The minimum Gasteiger partial charge on any atom is -0.326 e. The number of hydrogen-bond acceptors (Lipinski definition) is 2. The van der Waals surface area contributed by atoms with Gasteiger partial charge in [0.05, 0.1) is 6.54 Å². The topological polar surface area (TPSA) is 29.3 Å². The smallest absolute Gasteiger partial charge is 0.326 e. The second kappa shape index (κ2) is 5.16. The molecule has 2 nitrogen and oxygen atoms in total. The summed E-state index contributed by atoms with van der Waals surface area (Å²) >= 11 is 0. The van der Waals surface area contributed by atoms with E-state index < -0.39 is 12.7 Å². The zero-order chi connectivity index (χ0) is 11.5.